The Balaban J connectivity index is 2.26. The number of ether oxygens (including phenoxy) is 2. The first-order chi connectivity index (χ1) is 17.1. The fourth-order valence-electron chi connectivity index (χ4n) is 3.88. The lowest BCUT2D eigenvalue weighted by atomic mass is 9.99. The number of carbonyl (C=O) groups excluding carboxylic acids is 3. The lowest BCUT2D eigenvalue weighted by Gasteiger charge is -2.30. The topological polar surface area (TPSA) is 107 Å². The molecule has 0 N–H and O–H groups in total. The van der Waals surface area contributed by atoms with Gasteiger partial charge in [0.15, 0.2) is 0 Å². The summed E-state index contributed by atoms with van der Waals surface area (Å²) in [6.07, 6.45) is -0.544. The maximum atomic E-state index is 14.1. The van der Waals surface area contributed by atoms with Gasteiger partial charge in [-0.25, -0.2) is 17.6 Å². The highest BCUT2D eigenvalue weighted by molar-refractivity contribution is 7.97. The van der Waals surface area contributed by atoms with Gasteiger partial charge in [0.25, 0.3) is 15.9 Å². The molecule has 1 aliphatic carbocycles. The number of sulfonamides is 1. The van der Waals surface area contributed by atoms with Crippen LogP contribution in [0.15, 0.2) is 59.0 Å². The lowest BCUT2D eigenvalue weighted by molar-refractivity contribution is -0.153. The molecule has 11 heteroatoms. The van der Waals surface area contributed by atoms with Crippen molar-refractivity contribution in [3.05, 3.63) is 75.4 Å². The summed E-state index contributed by atoms with van der Waals surface area (Å²) in [7, 11) is -4.75. The number of allylic oxidation sites excluding steroid dienone is 1. The number of nitrogens with zero attached hydrogens (tertiary/aromatic N) is 1. The Morgan fingerprint density at radius 3 is 2.36 bits per heavy atom. The van der Waals surface area contributed by atoms with Crippen LogP contribution in [0, 0.1) is 5.82 Å². The summed E-state index contributed by atoms with van der Waals surface area (Å²) < 4.78 is 52.6. The number of rotatable bonds is 8. The molecule has 1 atom stereocenters. The summed E-state index contributed by atoms with van der Waals surface area (Å²) in [5.74, 6) is -3.54. The molecule has 0 fully saturated rings. The molecule has 0 unspecified atom stereocenters. The summed E-state index contributed by atoms with van der Waals surface area (Å²) in [6.45, 7) is 2.70. The van der Waals surface area contributed by atoms with Crippen molar-refractivity contribution in [2.75, 3.05) is 10.9 Å². The molecule has 1 aliphatic rings. The van der Waals surface area contributed by atoms with Crippen molar-refractivity contribution in [3.8, 4) is 0 Å². The first-order valence-corrected chi connectivity index (χ1v) is 13.0. The molecule has 2 aromatic carbocycles. The monoisotopic (exact) mass is 537 g/mol. The maximum absolute atomic E-state index is 14.1. The molecule has 192 valence electrons. The van der Waals surface area contributed by atoms with E-state index < -0.39 is 39.8 Å². The van der Waals surface area contributed by atoms with Crippen LogP contribution in [0.2, 0.25) is 5.02 Å². The zero-order valence-corrected chi connectivity index (χ0v) is 21.3. The van der Waals surface area contributed by atoms with Gasteiger partial charge in [0.2, 0.25) is 6.10 Å². The van der Waals surface area contributed by atoms with Gasteiger partial charge in [-0.05, 0) is 50.8 Å². The number of esters is 2. The molecule has 0 saturated heterocycles. The highest BCUT2D eigenvalue weighted by Crippen LogP contribution is 2.38. The Kier molecular flexibility index (Phi) is 8.86. The van der Waals surface area contributed by atoms with Crippen LogP contribution in [0.3, 0.4) is 0 Å². The van der Waals surface area contributed by atoms with Gasteiger partial charge >= 0.3 is 11.9 Å². The quantitative estimate of drug-likeness (QED) is 0.443. The predicted molar refractivity (Wildman–Crippen MR) is 131 cm³/mol. The Morgan fingerprint density at radius 2 is 1.75 bits per heavy atom. The molecule has 0 radical (unpaired) electrons. The van der Waals surface area contributed by atoms with Crippen LogP contribution in [-0.4, -0.2) is 32.9 Å². The second-order valence-electron chi connectivity index (χ2n) is 7.93. The fraction of sp³-hybridized carbons (Fsp3) is 0.320. The van der Waals surface area contributed by atoms with E-state index in [1.165, 1.54) is 12.1 Å². The number of benzene rings is 2. The van der Waals surface area contributed by atoms with Crippen molar-refractivity contribution in [2.45, 2.75) is 45.6 Å². The summed E-state index contributed by atoms with van der Waals surface area (Å²) in [5.41, 5.74) is -0.209. The van der Waals surface area contributed by atoms with Crippen molar-refractivity contribution in [3.63, 3.8) is 0 Å². The van der Waals surface area contributed by atoms with Gasteiger partial charge in [0, 0.05) is 12.5 Å². The van der Waals surface area contributed by atoms with Gasteiger partial charge in [0.05, 0.1) is 27.8 Å². The maximum Gasteiger partial charge on any atom is 0.335 e. The normalized spacial score (nSPS) is 14.7. The highest BCUT2D eigenvalue weighted by atomic mass is 35.5. The summed E-state index contributed by atoms with van der Waals surface area (Å²) in [6, 6.07) is 10.7. The number of hydrogen-bond acceptors (Lipinski definition) is 7. The van der Waals surface area contributed by atoms with E-state index in [0.717, 1.165) is 25.1 Å². The molecular formula is C25H25ClFNO7S. The number of anilines is 1. The second kappa shape index (κ2) is 11.7. The van der Waals surface area contributed by atoms with E-state index in [1.807, 2.05) is 0 Å². The van der Waals surface area contributed by atoms with E-state index >= 15 is 0 Å². The van der Waals surface area contributed by atoms with Gasteiger partial charge in [-0.2, -0.15) is 4.31 Å². The number of halogens is 2. The zero-order valence-electron chi connectivity index (χ0n) is 19.7. The van der Waals surface area contributed by atoms with Crippen LogP contribution in [-0.2, 0) is 33.9 Å². The summed E-state index contributed by atoms with van der Waals surface area (Å²) in [4.78, 5) is 38.1. The SMILES string of the molecule is CCOC(=O)C1=C(S(=O)(=O)N(C(=O)[C@@H](OC(C)=O)c2ccccc2)c2ccc(F)cc2Cl)CCCC1. The minimum absolute atomic E-state index is 0.0252. The van der Waals surface area contributed by atoms with E-state index in [-0.39, 0.29) is 46.2 Å². The number of hydrogen-bond donors (Lipinski definition) is 0. The lowest BCUT2D eigenvalue weighted by Crippen LogP contribution is -2.43. The molecule has 8 nitrogen and oxygen atoms in total. The van der Waals surface area contributed by atoms with E-state index in [4.69, 9.17) is 21.1 Å². The average molecular weight is 538 g/mol. The average Bonchev–Trinajstić information content (AvgIpc) is 2.84. The predicted octanol–water partition coefficient (Wildman–Crippen LogP) is 4.84. The third-order valence-electron chi connectivity index (χ3n) is 5.43. The minimum atomic E-state index is -4.75. The third kappa shape index (κ3) is 5.93. The van der Waals surface area contributed by atoms with E-state index in [1.54, 1.807) is 25.1 Å². The number of carbonyl (C=O) groups is 3. The van der Waals surface area contributed by atoms with Crippen LogP contribution in [0.5, 0.6) is 0 Å². The van der Waals surface area contributed by atoms with Crippen molar-refractivity contribution >= 4 is 45.2 Å². The van der Waals surface area contributed by atoms with Crippen LogP contribution in [0.4, 0.5) is 10.1 Å². The molecule has 0 bridgehead atoms. The van der Waals surface area contributed by atoms with Gasteiger partial charge in [-0.3, -0.25) is 9.59 Å². The second-order valence-corrected chi connectivity index (χ2v) is 10.1. The Hall–Kier alpha value is -3.24. The van der Waals surface area contributed by atoms with Crippen molar-refractivity contribution in [1.82, 2.24) is 0 Å². The standard InChI is InChI=1S/C25H25ClFNO7S/c1-3-34-25(31)19-11-7-8-12-22(19)36(32,33)28(21-14-13-18(27)15-20(21)26)24(30)23(35-16(2)29)17-9-5-4-6-10-17/h4-6,9-10,13-15,23H,3,7-8,11-12H2,1-2H3/t23-/m0/s1. The Bertz CT molecular complexity index is 1290. The van der Waals surface area contributed by atoms with Crippen molar-refractivity contribution in [2.24, 2.45) is 0 Å². The highest BCUT2D eigenvalue weighted by Gasteiger charge is 2.42. The molecule has 0 spiro atoms. The van der Waals surface area contributed by atoms with E-state index in [9.17, 15) is 27.2 Å². The van der Waals surface area contributed by atoms with E-state index in [0.29, 0.717) is 17.1 Å². The first-order valence-electron chi connectivity index (χ1n) is 11.2. The van der Waals surface area contributed by atoms with Gasteiger partial charge in [-0.15, -0.1) is 0 Å². The molecule has 0 saturated carbocycles. The largest absolute Gasteiger partial charge is 0.463 e. The smallest absolute Gasteiger partial charge is 0.335 e. The Labute approximate surface area is 213 Å². The molecule has 0 aromatic heterocycles. The molecular weight excluding hydrogens is 513 g/mol. The third-order valence-corrected chi connectivity index (χ3v) is 7.66. The van der Waals surface area contributed by atoms with Crippen LogP contribution in [0.1, 0.15) is 51.2 Å². The number of amides is 1. The van der Waals surface area contributed by atoms with Crippen molar-refractivity contribution < 1.29 is 36.7 Å². The van der Waals surface area contributed by atoms with E-state index in [2.05, 4.69) is 0 Å². The molecule has 2 aromatic rings. The van der Waals surface area contributed by atoms with Crippen LogP contribution < -0.4 is 4.31 Å². The molecule has 0 aliphatic heterocycles. The Morgan fingerprint density at radius 1 is 1.08 bits per heavy atom. The van der Waals surface area contributed by atoms with Crippen molar-refractivity contribution in [1.29, 1.82) is 0 Å². The first kappa shape index (κ1) is 27.3. The van der Waals surface area contributed by atoms with Gasteiger partial charge in [0.1, 0.15) is 5.82 Å². The summed E-state index contributed by atoms with van der Waals surface area (Å²) >= 11 is 6.20. The molecule has 36 heavy (non-hydrogen) atoms. The molecule has 3 rings (SSSR count). The van der Waals surface area contributed by atoms with Crippen LogP contribution in [0.25, 0.3) is 0 Å². The fourth-order valence-corrected chi connectivity index (χ4v) is 6.05. The van der Waals surface area contributed by atoms with Crippen LogP contribution >= 0.6 is 11.6 Å². The minimum Gasteiger partial charge on any atom is -0.463 e. The molecule has 1 amide bonds. The van der Waals surface area contributed by atoms with Gasteiger partial charge in [-0.1, -0.05) is 41.9 Å². The summed E-state index contributed by atoms with van der Waals surface area (Å²) in [5, 5.41) is -0.365. The zero-order chi connectivity index (χ0) is 26.5. The molecule has 0 heterocycles. The van der Waals surface area contributed by atoms with Gasteiger partial charge < -0.3 is 9.47 Å².